The number of hydrogen-bond acceptors (Lipinski definition) is 3. The first-order valence-electron chi connectivity index (χ1n) is 7.77. The van der Waals surface area contributed by atoms with Crippen LogP contribution in [0.3, 0.4) is 0 Å². The minimum atomic E-state index is -0.269. The lowest BCUT2D eigenvalue weighted by molar-refractivity contribution is 0.0787. The van der Waals surface area contributed by atoms with Gasteiger partial charge in [-0.15, -0.1) is 0 Å². The molecule has 0 radical (unpaired) electrons. The van der Waals surface area contributed by atoms with Crippen LogP contribution in [0.25, 0.3) is 11.3 Å². The number of nitrogens with one attached hydrogen (secondary N) is 1. The number of carbonyl (C=O) groups excluding carboxylic acids is 1. The third-order valence-electron chi connectivity index (χ3n) is 4.51. The highest BCUT2D eigenvalue weighted by Gasteiger charge is 2.40. The van der Waals surface area contributed by atoms with Crippen molar-refractivity contribution in [3.05, 3.63) is 70.9 Å². The first-order chi connectivity index (χ1) is 11.6. The van der Waals surface area contributed by atoms with E-state index in [1.165, 1.54) is 5.56 Å². The summed E-state index contributed by atoms with van der Waals surface area (Å²) in [5.74, 6) is 0.0892. The van der Waals surface area contributed by atoms with Gasteiger partial charge in [-0.25, -0.2) is 0 Å². The van der Waals surface area contributed by atoms with Gasteiger partial charge in [0.1, 0.15) is 11.4 Å². The molecule has 1 amide bonds. The van der Waals surface area contributed by atoms with Crippen molar-refractivity contribution in [2.24, 2.45) is 0 Å². The Hall–Kier alpha value is -3.08. The fourth-order valence-corrected chi connectivity index (χ4v) is 3.28. The summed E-state index contributed by atoms with van der Waals surface area (Å²) < 4.78 is 0. The van der Waals surface area contributed by atoms with Crippen LogP contribution in [-0.4, -0.2) is 33.2 Å². The molecule has 1 aromatic heterocycles. The number of fused-ring (bicyclic) bond motifs is 1. The van der Waals surface area contributed by atoms with Crippen LogP contribution >= 0.6 is 0 Å². The SMILES string of the molecule is Cc1ccc(-c2n[nH]c3c2[C@H](c2cccc(O)c2)N(C)C3=O)cc1. The number of aromatic nitrogens is 2. The van der Waals surface area contributed by atoms with E-state index in [4.69, 9.17) is 0 Å². The van der Waals surface area contributed by atoms with E-state index in [9.17, 15) is 9.90 Å². The monoisotopic (exact) mass is 319 g/mol. The summed E-state index contributed by atoms with van der Waals surface area (Å²) in [6.07, 6.45) is 0. The number of hydrogen-bond donors (Lipinski definition) is 2. The van der Waals surface area contributed by atoms with E-state index in [1.807, 2.05) is 37.3 Å². The zero-order valence-corrected chi connectivity index (χ0v) is 13.4. The molecule has 5 heteroatoms. The van der Waals surface area contributed by atoms with Crippen LogP contribution in [0, 0.1) is 6.92 Å². The van der Waals surface area contributed by atoms with E-state index in [-0.39, 0.29) is 17.7 Å². The van der Waals surface area contributed by atoms with Crippen LogP contribution in [0.2, 0.25) is 0 Å². The van der Waals surface area contributed by atoms with Crippen molar-refractivity contribution < 1.29 is 9.90 Å². The van der Waals surface area contributed by atoms with Gasteiger partial charge in [0.05, 0.1) is 11.7 Å². The van der Waals surface area contributed by atoms with Gasteiger partial charge in [-0.3, -0.25) is 9.89 Å². The second-order valence-electron chi connectivity index (χ2n) is 6.14. The summed E-state index contributed by atoms with van der Waals surface area (Å²) in [5, 5.41) is 17.1. The van der Waals surface area contributed by atoms with Gasteiger partial charge in [-0.05, 0) is 24.6 Å². The molecule has 2 aromatic carbocycles. The quantitative estimate of drug-likeness (QED) is 0.761. The summed E-state index contributed by atoms with van der Waals surface area (Å²) in [6, 6.07) is 14.8. The zero-order valence-electron chi connectivity index (χ0n) is 13.4. The van der Waals surface area contributed by atoms with Crippen molar-refractivity contribution >= 4 is 5.91 Å². The Morgan fingerprint density at radius 2 is 1.92 bits per heavy atom. The summed E-state index contributed by atoms with van der Waals surface area (Å²) in [7, 11) is 1.77. The van der Waals surface area contributed by atoms with Gasteiger partial charge < -0.3 is 10.0 Å². The predicted octanol–water partition coefficient (Wildman–Crippen LogP) is 3.27. The number of rotatable bonds is 2. The van der Waals surface area contributed by atoms with Crippen LogP contribution < -0.4 is 0 Å². The van der Waals surface area contributed by atoms with Gasteiger partial charge in [0, 0.05) is 18.2 Å². The number of carbonyl (C=O) groups is 1. The number of aromatic hydroxyl groups is 1. The number of phenolic OH excluding ortho intramolecular Hbond substituents is 1. The van der Waals surface area contributed by atoms with E-state index in [0.717, 1.165) is 22.4 Å². The topological polar surface area (TPSA) is 69.2 Å². The average molecular weight is 319 g/mol. The maximum atomic E-state index is 12.6. The summed E-state index contributed by atoms with van der Waals surface area (Å²) in [4.78, 5) is 14.2. The van der Waals surface area contributed by atoms with E-state index in [1.54, 1.807) is 30.1 Å². The molecular formula is C19H17N3O2. The number of H-pyrrole nitrogens is 1. The van der Waals surface area contributed by atoms with Crippen LogP contribution in [0.5, 0.6) is 5.75 Å². The van der Waals surface area contributed by atoms with Gasteiger partial charge in [0.25, 0.3) is 5.91 Å². The van der Waals surface area contributed by atoms with Gasteiger partial charge >= 0.3 is 0 Å². The van der Waals surface area contributed by atoms with Crippen molar-refractivity contribution in [2.45, 2.75) is 13.0 Å². The molecule has 0 aliphatic carbocycles. The van der Waals surface area contributed by atoms with E-state index < -0.39 is 0 Å². The van der Waals surface area contributed by atoms with Gasteiger partial charge in [0.2, 0.25) is 0 Å². The Kier molecular flexibility index (Phi) is 3.16. The minimum Gasteiger partial charge on any atom is -0.508 e. The predicted molar refractivity (Wildman–Crippen MR) is 90.8 cm³/mol. The van der Waals surface area contributed by atoms with Crippen molar-refractivity contribution in [3.63, 3.8) is 0 Å². The van der Waals surface area contributed by atoms with Crippen LogP contribution in [-0.2, 0) is 0 Å². The molecule has 3 aromatic rings. The number of aryl methyl sites for hydroxylation is 1. The Morgan fingerprint density at radius 1 is 1.17 bits per heavy atom. The number of nitrogens with zero attached hydrogens (tertiary/aromatic N) is 2. The molecule has 0 fully saturated rings. The standard InChI is InChI=1S/C19H17N3O2/c1-11-6-8-12(9-7-11)16-15-17(21-20-16)19(24)22(2)18(15)13-4-3-5-14(23)10-13/h3-10,18,23H,1-2H3,(H,20,21)/t18-/m0/s1. The maximum absolute atomic E-state index is 12.6. The second kappa shape index (κ2) is 5.23. The lowest BCUT2D eigenvalue weighted by Gasteiger charge is -2.22. The number of amides is 1. The van der Waals surface area contributed by atoms with Gasteiger partial charge in [0.15, 0.2) is 0 Å². The van der Waals surface area contributed by atoms with Gasteiger partial charge in [-0.1, -0.05) is 42.0 Å². The van der Waals surface area contributed by atoms with E-state index in [2.05, 4.69) is 10.2 Å². The molecule has 0 saturated heterocycles. The molecule has 0 saturated carbocycles. The largest absolute Gasteiger partial charge is 0.508 e. The normalized spacial score (nSPS) is 16.5. The van der Waals surface area contributed by atoms with Crippen LogP contribution in [0.4, 0.5) is 0 Å². The fraction of sp³-hybridized carbons (Fsp3) is 0.158. The lowest BCUT2D eigenvalue weighted by Crippen LogP contribution is -2.24. The Balaban J connectivity index is 1.90. The Morgan fingerprint density at radius 3 is 2.62 bits per heavy atom. The highest BCUT2D eigenvalue weighted by atomic mass is 16.3. The molecule has 5 nitrogen and oxygen atoms in total. The van der Waals surface area contributed by atoms with Crippen LogP contribution in [0.15, 0.2) is 48.5 Å². The molecule has 0 unspecified atom stereocenters. The average Bonchev–Trinajstić information content (AvgIpc) is 3.09. The smallest absolute Gasteiger partial charge is 0.272 e. The van der Waals surface area contributed by atoms with Crippen molar-refractivity contribution in [1.29, 1.82) is 0 Å². The van der Waals surface area contributed by atoms with Crippen molar-refractivity contribution in [2.75, 3.05) is 7.05 Å². The molecular weight excluding hydrogens is 302 g/mol. The first-order valence-corrected chi connectivity index (χ1v) is 7.77. The molecule has 1 aliphatic rings. The Labute approximate surface area is 139 Å². The number of aromatic amines is 1. The molecule has 2 N–H and O–H groups in total. The summed E-state index contributed by atoms with van der Waals surface area (Å²) in [5.41, 5.74) is 5.14. The third-order valence-corrected chi connectivity index (χ3v) is 4.51. The number of benzene rings is 2. The van der Waals surface area contributed by atoms with Crippen molar-refractivity contribution in [1.82, 2.24) is 15.1 Å². The van der Waals surface area contributed by atoms with E-state index in [0.29, 0.717) is 5.69 Å². The summed E-state index contributed by atoms with van der Waals surface area (Å²) in [6.45, 7) is 2.03. The zero-order chi connectivity index (χ0) is 16.8. The highest BCUT2D eigenvalue weighted by molar-refractivity contribution is 6.00. The first kappa shape index (κ1) is 14.5. The maximum Gasteiger partial charge on any atom is 0.272 e. The third kappa shape index (κ3) is 2.09. The molecule has 0 bridgehead atoms. The van der Waals surface area contributed by atoms with E-state index >= 15 is 0 Å². The fourth-order valence-electron chi connectivity index (χ4n) is 3.28. The second-order valence-corrected chi connectivity index (χ2v) is 6.14. The molecule has 1 aliphatic heterocycles. The van der Waals surface area contributed by atoms with Crippen LogP contribution in [0.1, 0.15) is 33.2 Å². The molecule has 120 valence electrons. The summed E-state index contributed by atoms with van der Waals surface area (Å²) >= 11 is 0. The molecule has 1 atom stereocenters. The molecule has 2 heterocycles. The van der Waals surface area contributed by atoms with Crippen molar-refractivity contribution in [3.8, 4) is 17.0 Å². The molecule has 24 heavy (non-hydrogen) atoms. The number of phenols is 1. The highest BCUT2D eigenvalue weighted by Crippen LogP contribution is 2.42. The molecule has 0 spiro atoms. The molecule has 4 rings (SSSR count). The lowest BCUT2D eigenvalue weighted by atomic mass is 9.96. The minimum absolute atomic E-state index is 0.0933. The van der Waals surface area contributed by atoms with Gasteiger partial charge in [-0.2, -0.15) is 5.10 Å². The Bertz CT molecular complexity index is 928.